The van der Waals surface area contributed by atoms with Gasteiger partial charge in [-0.1, -0.05) is 0 Å². The van der Waals surface area contributed by atoms with Crippen molar-refractivity contribution in [2.45, 2.75) is 39.9 Å². The molecule has 0 bridgehead atoms. The van der Waals surface area contributed by atoms with Crippen LogP contribution in [-0.4, -0.2) is 80.6 Å². The zero-order valence-corrected chi connectivity index (χ0v) is 18.1. The first-order valence-electron chi connectivity index (χ1n) is 9.62. The second-order valence-corrected chi connectivity index (χ2v) is 7.39. The average molecular weight is 424 g/mol. The van der Waals surface area contributed by atoms with E-state index >= 15 is 0 Å². The van der Waals surface area contributed by atoms with Gasteiger partial charge >= 0.3 is 17.9 Å². The smallest absolute Gasteiger partial charge is 0.336 e. The highest BCUT2D eigenvalue weighted by atomic mass is 16.5. The maximum absolute atomic E-state index is 12.9. The fourth-order valence-corrected chi connectivity index (χ4v) is 3.79. The summed E-state index contributed by atoms with van der Waals surface area (Å²) in [5, 5.41) is 0. The summed E-state index contributed by atoms with van der Waals surface area (Å²) < 4.78 is 20.4. The van der Waals surface area contributed by atoms with Crippen molar-refractivity contribution in [3.8, 4) is 0 Å². The summed E-state index contributed by atoms with van der Waals surface area (Å²) in [5.41, 5.74) is 0.448. The van der Waals surface area contributed by atoms with Gasteiger partial charge in [0.05, 0.1) is 32.0 Å². The van der Waals surface area contributed by atoms with Crippen LogP contribution >= 0.6 is 0 Å². The minimum absolute atomic E-state index is 0.0930. The van der Waals surface area contributed by atoms with Crippen LogP contribution in [0, 0.1) is 11.8 Å². The largest absolute Gasteiger partial charge is 0.468 e. The lowest BCUT2D eigenvalue weighted by molar-refractivity contribution is -0.162. The molecule has 10 nitrogen and oxygen atoms in total. The maximum atomic E-state index is 12.9. The molecule has 0 aromatic carbocycles. The molecular formula is C20H28N2O8. The zero-order valence-electron chi connectivity index (χ0n) is 18.1. The molecule has 2 rings (SSSR count). The van der Waals surface area contributed by atoms with Crippen LogP contribution in [-0.2, 0) is 38.1 Å². The highest BCUT2D eigenvalue weighted by molar-refractivity contribution is 6.10. The van der Waals surface area contributed by atoms with Crippen molar-refractivity contribution in [2.75, 3.05) is 33.9 Å². The van der Waals surface area contributed by atoms with Crippen molar-refractivity contribution in [1.29, 1.82) is 0 Å². The minimum Gasteiger partial charge on any atom is -0.468 e. The Kier molecular flexibility index (Phi) is 7.71. The van der Waals surface area contributed by atoms with Crippen molar-refractivity contribution in [3.63, 3.8) is 0 Å². The molecule has 1 saturated heterocycles. The number of carbonyl (C=O) groups excluding carboxylic acids is 4. The maximum Gasteiger partial charge on any atom is 0.336 e. The third-order valence-corrected chi connectivity index (χ3v) is 5.05. The molecule has 1 fully saturated rings. The first-order valence-corrected chi connectivity index (χ1v) is 9.62. The highest BCUT2D eigenvalue weighted by Crippen LogP contribution is 2.33. The molecule has 10 heteroatoms. The normalized spacial score (nSPS) is 26.6. The molecule has 166 valence electrons. The van der Waals surface area contributed by atoms with Crippen molar-refractivity contribution < 1.29 is 38.1 Å². The number of allylic oxidation sites excluding steroid dienone is 1. The van der Waals surface area contributed by atoms with E-state index in [1.54, 1.807) is 11.8 Å². The van der Waals surface area contributed by atoms with Crippen LogP contribution in [0.5, 0.6) is 0 Å². The SMILES string of the molecule is COC(=O)C1=C(C)N=C(C)C(C(=O)OC)[C@H]1C(=O)OCC(=O)N1C[C@@H](C)O[C@@H](C)C1. The molecule has 0 spiro atoms. The van der Waals surface area contributed by atoms with Crippen LogP contribution in [0.3, 0.4) is 0 Å². The molecule has 4 atom stereocenters. The number of rotatable bonds is 5. The average Bonchev–Trinajstić information content (AvgIpc) is 2.69. The van der Waals surface area contributed by atoms with Crippen LogP contribution in [0.4, 0.5) is 0 Å². The summed E-state index contributed by atoms with van der Waals surface area (Å²) in [6.07, 6.45) is -0.267. The second-order valence-electron chi connectivity index (χ2n) is 7.39. The first-order chi connectivity index (χ1) is 14.1. The van der Waals surface area contributed by atoms with Crippen LogP contribution < -0.4 is 0 Å². The summed E-state index contributed by atoms with van der Waals surface area (Å²) in [6.45, 7) is 7.03. The molecule has 1 unspecified atom stereocenters. The van der Waals surface area contributed by atoms with Crippen molar-refractivity contribution in [3.05, 3.63) is 11.3 Å². The summed E-state index contributed by atoms with van der Waals surface area (Å²) in [4.78, 5) is 55.9. The predicted molar refractivity (Wildman–Crippen MR) is 104 cm³/mol. The highest BCUT2D eigenvalue weighted by Gasteiger charge is 2.46. The molecule has 0 aromatic heterocycles. The van der Waals surface area contributed by atoms with E-state index in [0.717, 1.165) is 7.11 Å². The third-order valence-electron chi connectivity index (χ3n) is 5.05. The van der Waals surface area contributed by atoms with E-state index in [2.05, 4.69) is 4.99 Å². The Morgan fingerprint density at radius 2 is 1.60 bits per heavy atom. The molecule has 1 amide bonds. The number of carbonyl (C=O) groups is 4. The van der Waals surface area contributed by atoms with E-state index in [-0.39, 0.29) is 29.4 Å². The standard InChI is InChI=1S/C20H28N2O8/c1-10-7-22(8-11(2)30-10)14(23)9-29-20(26)17-15(18(24)27-5)12(3)21-13(4)16(17)19(25)28-6/h10-11,15,17H,7-9H2,1-6H3/t10-,11+,15?,17-/m1/s1. The Hall–Kier alpha value is -2.75. The first kappa shape index (κ1) is 23.5. The van der Waals surface area contributed by atoms with Gasteiger partial charge < -0.3 is 23.8 Å². The van der Waals surface area contributed by atoms with Crippen molar-refractivity contribution in [2.24, 2.45) is 16.8 Å². The van der Waals surface area contributed by atoms with Crippen LogP contribution in [0.15, 0.2) is 16.3 Å². The number of methoxy groups -OCH3 is 2. The van der Waals surface area contributed by atoms with Gasteiger partial charge in [0, 0.05) is 24.5 Å². The lowest BCUT2D eigenvalue weighted by Gasteiger charge is -2.35. The van der Waals surface area contributed by atoms with E-state index in [9.17, 15) is 19.2 Å². The van der Waals surface area contributed by atoms with Crippen LogP contribution in [0.25, 0.3) is 0 Å². The molecule has 2 aliphatic rings. The zero-order chi connectivity index (χ0) is 22.6. The van der Waals surface area contributed by atoms with E-state index in [1.807, 2.05) is 13.8 Å². The topological polar surface area (TPSA) is 121 Å². The quantitative estimate of drug-likeness (QED) is 0.462. The number of hydrogen-bond acceptors (Lipinski definition) is 9. The Labute approximate surface area is 175 Å². The Morgan fingerprint density at radius 1 is 1.00 bits per heavy atom. The monoisotopic (exact) mass is 424 g/mol. The fourth-order valence-electron chi connectivity index (χ4n) is 3.79. The van der Waals surface area contributed by atoms with E-state index in [1.165, 1.54) is 14.0 Å². The molecule has 0 saturated carbocycles. The number of aliphatic imine (C=N–C) groups is 1. The lowest BCUT2D eigenvalue weighted by Crippen LogP contribution is -2.50. The number of morpholine rings is 1. The summed E-state index contributed by atoms with van der Waals surface area (Å²) in [7, 11) is 2.33. The van der Waals surface area contributed by atoms with Gasteiger partial charge in [-0.15, -0.1) is 0 Å². The Bertz CT molecular complexity index is 778. The molecule has 0 aromatic rings. The molecule has 0 radical (unpaired) electrons. The molecule has 2 heterocycles. The number of esters is 3. The minimum atomic E-state index is -1.32. The lowest BCUT2D eigenvalue weighted by atomic mass is 9.80. The van der Waals surface area contributed by atoms with Gasteiger partial charge in [-0.3, -0.25) is 19.4 Å². The van der Waals surface area contributed by atoms with Gasteiger partial charge in [0.2, 0.25) is 0 Å². The van der Waals surface area contributed by atoms with Crippen molar-refractivity contribution in [1.82, 2.24) is 4.90 Å². The van der Waals surface area contributed by atoms with Gasteiger partial charge in [0.25, 0.3) is 5.91 Å². The Morgan fingerprint density at radius 3 is 2.13 bits per heavy atom. The Balaban J connectivity index is 2.22. The van der Waals surface area contributed by atoms with Gasteiger partial charge in [-0.25, -0.2) is 4.79 Å². The van der Waals surface area contributed by atoms with E-state index in [4.69, 9.17) is 18.9 Å². The second kappa shape index (κ2) is 9.84. The molecule has 0 aliphatic carbocycles. The molecule has 30 heavy (non-hydrogen) atoms. The number of hydrogen-bond donors (Lipinski definition) is 0. The molecule has 2 aliphatic heterocycles. The summed E-state index contributed by atoms with van der Waals surface area (Å²) >= 11 is 0. The van der Waals surface area contributed by atoms with Crippen LogP contribution in [0.1, 0.15) is 27.7 Å². The summed E-state index contributed by atoms with van der Waals surface area (Å²) in [5.74, 6) is -5.31. The van der Waals surface area contributed by atoms with E-state index in [0.29, 0.717) is 18.8 Å². The summed E-state index contributed by atoms with van der Waals surface area (Å²) in [6, 6.07) is 0. The van der Waals surface area contributed by atoms with Gasteiger partial charge in [0.1, 0.15) is 11.8 Å². The number of nitrogens with zero attached hydrogens (tertiary/aromatic N) is 2. The van der Waals surface area contributed by atoms with Crippen molar-refractivity contribution >= 4 is 29.5 Å². The number of ether oxygens (including phenoxy) is 4. The van der Waals surface area contributed by atoms with Crippen LogP contribution in [0.2, 0.25) is 0 Å². The molecular weight excluding hydrogens is 396 g/mol. The predicted octanol–water partition coefficient (Wildman–Crippen LogP) is 0.492. The third kappa shape index (κ3) is 5.05. The van der Waals surface area contributed by atoms with Gasteiger partial charge in [-0.2, -0.15) is 0 Å². The molecule has 0 N–H and O–H groups in total. The number of amides is 1. The van der Waals surface area contributed by atoms with Gasteiger partial charge in [-0.05, 0) is 27.7 Å². The van der Waals surface area contributed by atoms with E-state index < -0.39 is 36.4 Å². The van der Waals surface area contributed by atoms with Gasteiger partial charge in [0.15, 0.2) is 6.61 Å². The fraction of sp³-hybridized carbons (Fsp3) is 0.650.